The van der Waals surface area contributed by atoms with Crippen LogP contribution in [0.5, 0.6) is 0 Å². The summed E-state index contributed by atoms with van der Waals surface area (Å²) in [5.74, 6) is -2.17. The van der Waals surface area contributed by atoms with Crippen LogP contribution >= 0.6 is 11.6 Å². The van der Waals surface area contributed by atoms with Crippen LogP contribution in [0.2, 0.25) is 5.02 Å². The molecule has 2 heterocycles. The summed E-state index contributed by atoms with van der Waals surface area (Å²) in [6.45, 7) is 3.64. The Labute approximate surface area is 193 Å². The number of piperazine rings is 1. The minimum Gasteiger partial charge on any atom is -0.477 e. The lowest BCUT2D eigenvalue weighted by Crippen LogP contribution is -2.47. The first-order chi connectivity index (χ1) is 15.8. The molecule has 1 saturated carbocycles. The molecule has 11 heteroatoms. The van der Waals surface area contributed by atoms with Crippen LogP contribution in [0.25, 0.3) is 10.9 Å². The Morgan fingerprint density at radius 1 is 1.21 bits per heavy atom. The molecule has 2 N–H and O–H groups in total. The highest BCUT2D eigenvalue weighted by Gasteiger charge is 2.35. The summed E-state index contributed by atoms with van der Waals surface area (Å²) in [4.78, 5) is 28.3. The molecule has 1 aliphatic heterocycles. The molecule has 2 aliphatic rings. The van der Waals surface area contributed by atoms with Crippen LogP contribution in [-0.2, 0) is 4.74 Å². The van der Waals surface area contributed by atoms with E-state index in [0.29, 0.717) is 52.2 Å². The van der Waals surface area contributed by atoms with Crippen molar-refractivity contribution in [1.82, 2.24) is 9.47 Å². The third-order valence-electron chi connectivity index (χ3n) is 6.40. The second-order valence-corrected chi connectivity index (χ2v) is 8.70. The second kappa shape index (κ2) is 9.92. The lowest BCUT2D eigenvalue weighted by molar-refractivity contribution is 0.0692. The standard InChI is InChI=1S/C22H26ClF2N3O5/c23-18-19-13(21(30)14(22(31)32)12-28(19)17-2-1-15(17)24)11-16(25)20(18)27-5-3-26(4-6-27)7-9-33-10-8-29/h11-12,15,17,29H,1-10H2,(H,31,32). The molecule has 33 heavy (non-hydrogen) atoms. The van der Waals surface area contributed by atoms with Crippen LogP contribution in [-0.4, -0.2) is 84.4 Å². The number of hydrogen-bond donors (Lipinski definition) is 2. The van der Waals surface area contributed by atoms with E-state index in [0.717, 1.165) is 12.3 Å². The molecule has 0 amide bonds. The molecular weight excluding hydrogens is 460 g/mol. The fourth-order valence-corrected chi connectivity index (χ4v) is 4.85. The molecule has 1 aliphatic carbocycles. The molecule has 0 radical (unpaired) electrons. The summed E-state index contributed by atoms with van der Waals surface area (Å²) in [6.07, 6.45) is 0.731. The highest BCUT2D eigenvalue weighted by molar-refractivity contribution is 6.38. The van der Waals surface area contributed by atoms with E-state index in [1.165, 1.54) is 4.57 Å². The van der Waals surface area contributed by atoms with E-state index in [-0.39, 0.29) is 34.8 Å². The van der Waals surface area contributed by atoms with Gasteiger partial charge in [-0.25, -0.2) is 13.6 Å². The third-order valence-corrected chi connectivity index (χ3v) is 6.76. The largest absolute Gasteiger partial charge is 0.477 e. The van der Waals surface area contributed by atoms with Crippen molar-refractivity contribution >= 4 is 34.2 Å². The molecule has 0 spiro atoms. The number of pyridine rings is 1. The predicted molar refractivity (Wildman–Crippen MR) is 120 cm³/mol. The van der Waals surface area contributed by atoms with Crippen LogP contribution in [0.15, 0.2) is 17.1 Å². The zero-order valence-corrected chi connectivity index (χ0v) is 18.7. The van der Waals surface area contributed by atoms with Gasteiger partial charge in [-0.1, -0.05) is 11.6 Å². The zero-order valence-electron chi connectivity index (χ0n) is 18.0. The normalized spacial score (nSPS) is 21.4. The van der Waals surface area contributed by atoms with Crippen LogP contribution in [0.4, 0.5) is 14.5 Å². The second-order valence-electron chi connectivity index (χ2n) is 8.33. The summed E-state index contributed by atoms with van der Waals surface area (Å²) in [7, 11) is 0. The van der Waals surface area contributed by atoms with Crippen molar-refractivity contribution in [1.29, 1.82) is 0 Å². The molecule has 8 nitrogen and oxygen atoms in total. The van der Waals surface area contributed by atoms with Gasteiger partial charge in [-0.15, -0.1) is 0 Å². The summed E-state index contributed by atoms with van der Waals surface area (Å²) in [5, 5.41) is 18.0. The van der Waals surface area contributed by atoms with Gasteiger partial charge >= 0.3 is 5.97 Å². The number of aliphatic hydroxyl groups is 1. The Kier molecular flexibility index (Phi) is 7.18. The van der Waals surface area contributed by atoms with E-state index in [4.69, 9.17) is 21.4 Å². The van der Waals surface area contributed by atoms with Crippen molar-refractivity contribution in [2.24, 2.45) is 0 Å². The van der Waals surface area contributed by atoms with Crippen LogP contribution in [0, 0.1) is 5.82 Å². The number of nitrogens with zero attached hydrogens (tertiary/aromatic N) is 3. The van der Waals surface area contributed by atoms with Gasteiger partial charge in [0.25, 0.3) is 0 Å². The topological polar surface area (TPSA) is 95.2 Å². The number of aromatic carboxylic acids is 1. The minimum atomic E-state index is -1.45. The Morgan fingerprint density at radius 2 is 1.94 bits per heavy atom. The number of aromatic nitrogens is 1. The number of rotatable bonds is 8. The molecular formula is C22H26ClF2N3O5. The Morgan fingerprint density at radius 3 is 2.52 bits per heavy atom. The van der Waals surface area contributed by atoms with Gasteiger partial charge in [0.15, 0.2) is 0 Å². The average molecular weight is 486 g/mol. The summed E-state index contributed by atoms with van der Waals surface area (Å²) < 4.78 is 36.2. The number of ether oxygens (including phenoxy) is 1. The average Bonchev–Trinajstić information content (AvgIpc) is 2.78. The van der Waals surface area contributed by atoms with E-state index >= 15 is 4.39 Å². The number of carboxylic acids is 1. The SMILES string of the molecule is O=C(O)c1cn(C2CCC2F)c2c(Cl)c(N3CCN(CCOCCO)CC3)c(F)cc2c1=O. The van der Waals surface area contributed by atoms with Crippen molar-refractivity contribution in [3.8, 4) is 0 Å². The minimum absolute atomic E-state index is 0.0159. The number of halogens is 3. The number of carboxylic acid groups (broad SMARTS) is 1. The van der Waals surface area contributed by atoms with Crippen LogP contribution in [0.3, 0.4) is 0 Å². The van der Waals surface area contributed by atoms with Crippen LogP contribution in [0.1, 0.15) is 29.2 Å². The van der Waals surface area contributed by atoms with Gasteiger partial charge in [-0.05, 0) is 18.9 Å². The number of aliphatic hydroxyl groups excluding tert-OH is 1. The van der Waals surface area contributed by atoms with Crippen LogP contribution < -0.4 is 10.3 Å². The molecule has 0 bridgehead atoms. The van der Waals surface area contributed by atoms with Crippen molar-refractivity contribution in [2.45, 2.75) is 25.1 Å². The molecule has 180 valence electrons. The molecule has 2 aromatic rings. The monoisotopic (exact) mass is 485 g/mol. The van der Waals surface area contributed by atoms with E-state index in [2.05, 4.69) is 4.90 Å². The first-order valence-corrected chi connectivity index (χ1v) is 11.3. The molecule has 2 fully saturated rings. The number of alkyl halides is 1. The van der Waals surface area contributed by atoms with E-state index in [1.54, 1.807) is 4.90 Å². The molecule has 2 unspecified atom stereocenters. The number of benzene rings is 1. The quantitative estimate of drug-likeness (QED) is 0.554. The maximum absolute atomic E-state index is 15.2. The summed E-state index contributed by atoms with van der Waals surface area (Å²) >= 11 is 6.65. The highest BCUT2D eigenvalue weighted by Crippen LogP contribution is 2.41. The van der Waals surface area contributed by atoms with Gasteiger partial charge in [0.2, 0.25) is 5.43 Å². The van der Waals surface area contributed by atoms with Crippen molar-refractivity contribution in [2.75, 3.05) is 57.4 Å². The zero-order chi connectivity index (χ0) is 23.7. The van der Waals surface area contributed by atoms with Crippen molar-refractivity contribution < 1.29 is 28.5 Å². The Bertz CT molecular complexity index is 1100. The molecule has 1 saturated heterocycles. The third kappa shape index (κ3) is 4.57. The van der Waals surface area contributed by atoms with Gasteiger partial charge in [0, 0.05) is 38.9 Å². The first kappa shape index (κ1) is 23.9. The highest BCUT2D eigenvalue weighted by atomic mass is 35.5. The molecule has 2 atom stereocenters. The fourth-order valence-electron chi connectivity index (χ4n) is 4.45. The van der Waals surface area contributed by atoms with Gasteiger partial charge in [0.05, 0.1) is 47.5 Å². The number of hydrogen-bond acceptors (Lipinski definition) is 6. The van der Waals surface area contributed by atoms with E-state index in [9.17, 15) is 19.1 Å². The number of carbonyl (C=O) groups is 1. The Balaban J connectivity index is 1.68. The van der Waals surface area contributed by atoms with Gasteiger partial charge in [0.1, 0.15) is 17.6 Å². The fraction of sp³-hybridized carbons (Fsp3) is 0.545. The molecule has 1 aromatic carbocycles. The maximum Gasteiger partial charge on any atom is 0.341 e. The number of anilines is 1. The molecule has 1 aromatic heterocycles. The van der Waals surface area contributed by atoms with Gasteiger partial charge in [-0.3, -0.25) is 9.69 Å². The Hall–Kier alpha value is -2.27. The lowest BCUT2D eigenvalue weighted by atomic mass is 9.89. The predicted octanol–water partition coefficient (Wildman–Crippen LogP) is 2.30. The first-order valence-electron chi connectivity index (χ1n) is 10.9. The lowest BCUT2D eigenvalue weighted by Gasteiger charge is -2.37. The van der Waals surface area contributed by atoms with Crippen molar-refractivity contribution in [3.05, 3.63) is 38.9 Å². The van der Waals surface area contributed by atoms with E-state index in [1.807, 2.05) is 0 Å². The van der Waals surface area contributed by atoms with Crippen molar-refractivity contribution in [3.63, 3.8) is 0 Å². The smallest absolute Gasteiger partial charge is 0.341 e. The summed E-state index contributed by atoms with van der Waals surface area (Å²) in [6, 6.07) is 0.362. The van der Waals surface area contributed by atoms with Gasteiger partial charge in [-0.2, -0.15) is 0 Å². The summed E-state index contributed by atoms with van der Waals surface area (Å²) in [5.41, 5.74) is -1.09. The van der Waals surface area contributed by atoms with Gasteiger partial charge < -0.3 is 24.4 Å². The number of fused-ring (bicyclic) bond motifs is 1. The van der Waals surface area contributed by atoms with E-state index < -0.39 is 35.0 Å². The maximum atomic E-state index is 15.2. The molecule has 4 rings (SSSR count).